The quantitative estimate of drug-likeness (QED) is 0.541. The Morgan fingerprint density at radius 3 is 2.07 bits per heavy atom. The third-order valence-electron chi connectivity index (χ3n) is 5.09. The minimum absolute atomic E-state index is 0.00663. The van der Waals surface area contributed by atoms with E-state index in [0.717, 1.165) is 24.3 Å². The standard InChI is InChI=1S/C19H28F3NO5Si/c1-18(2,3)29(4,5)28-11-10-14(17(26)27)23-16(25)15(24)12-6-8-13(9-7-12)19(20,21)22/h6-9,14-15,24H,10-11H2,1-5H3,(H,23,25)(H,26,27)/t14-,15-/m1/s1. The van der Waals surface area contributed by atoms with Crippen LogP contribution in [0.4, 0.5) is 13.2 Å². The molecule has 0 aliphatic carbocycles. The third kappa shape index (κ3) is 7.13. The molecule has 0 heterocycles. The molecular weight excluding hydrogens is 407 g/mol. The molecule has 0 saturated heterocycles. The average Bonchev–Trinajstić information content (AvgIpc) is 2.58. The Bertz CT molecular complexity index is 714. The number of amides is 1. The number of carbonyl (C=O) groups is 2. The molecule has 1 aromatic rings. The van der Waals surface area contributed by atoms with Crippen LogP contribution < -0.4 is 5.32 Å². The topological polar surface area (TPSA) is 95.9 Å². The first-order valence-corrected chi connectivity index (χ1v) is 12.0. The lowest BCUT2D eigenvalue weighted by Gasteiger charge is -2.36. The van der Waals surface area contributed by atoms with Gasteiger partial charge in [0.25, 0.3) is 5.91 Å². The highest BCUT2D eigenvalue weighted by molar-refractivity contribution is 6.74. The average molecular weight is 436 g/mol. The number of hydrogen-bond acceptors (Lipinski definition) is 4. The van der Waals surface area contributed by atoms with E-state index in [4.69, 9.17) is 4.43 Å². The number of rotatable bonds is 8. The summed E-state index contributed by atoms with van der Waals surface area (Å²) in [4.78, 5) is 23.6. The molecular formula is C19H28F3NO5Si. The van der Waals surface area contributed by atoms with Gasteiger partial charge in [0.05, 0.1) is 5.56 Å². The highest BCUT2D eigenvalue weighted by Crippen LogP contribution is 2.36. The summed E-state index contributed by atoms with van der Waals surface area (Å²) >= 11 is 0. The van der Waals surface area contributed by atoms with E-state index in [0.29, 0.717) is 0 Å². The van der Waals surface area contributed by atoms with Crippen LogP contribution in [0.5, 0.6) is 0 Å². The van der Waals surface area contributed by atoms with Crippen LogP contribution in [-0.4, -0.2) is 43.1 Å². The molecule has 6 nitrogen and oxygen atoms in total. The summed E-state index contributed by atoms with van der Waals surface area (Å²) in [5.41, 5.74) is -0.989. The van der Waals surface area contributed by atoms with Crippen LogP contribution in [0, 0.1) is 0 Å². The predicted molar refractivity (Wildman–Crippen MR) is 104 cm³/mol. The molecule has 0 bridgehead atoms. The largest absolute Gasteiger partial charge is 0.480 e. The Morgan fingerprint density at radius 1 is 1.14 bits per heavy atom. The number of carboxylic acids is 1. The fraction of sp³-hybridized carbons (Fsp3) is 0.579. The molecule has 2 atom stereocenters. The van der Waals surface area contributed by atoms with Gasteiger partial charge in [-0.3, -0.25) is 4.79 Å². The van der Waals surface area contributed by atoms with Crippen molar-refractivity contribution in [3.05, 3.63) is 35.4 Å². The molecule has 0 aromatic heterocycles. The van der Waals surface area contributed by atoms with Gasteiger partial charge in [-0.1, -0.05) is 32.9 Å². The lowest BCUT2D eigenvalue weighted by Crippen LogP contribution is -2.45. The fourth-order valence-corrected chi connectivity index (χ4v) is 3.22. The molecule has 0 unspecified atom stereocenters. The number of nitrogens with one attached hydrogen (secondary N) is 1. The van der Waals surface area contributed by atoms with Crippen molar-refractivity contribution in [1.29, 1.82) is 0 Å². The number of aliphatic hydroxyl groups excluding tert-OH is 1. The van der Waals surface area contributed by atoms with Gasteiger partial charge in [0.2, 0.25) is 0 Å². The van der Waals surface area contributed by atoms with Crippen LogP contribution in [-0.2, 0) is 20.2 Å². The van der Waals surface area contributed by atoms with Crippen molar-refractivity contribution < 1.29 is 37.4 Å². The van der Waals surface area contributed by atoms with E-state index in [9.17, 15) is 33.0 Å². The highest BCUT2D eigenvalue weighted by atomic mass is 28.4. The van der Waals surface area contributed by atoms with Crippen molar-refractivity contribution in [3.8, 4) is 0 Å². The summed E-state index contributed by atoms with van der Waals surface area (Å²) in [7, 11) is -2.09. The second-order valence-electron chi connectivity index (χ2n) is 8.32. The maximum Gasteiger partial charge on any atom is 0.416 e. The lowest BCUT2D eigenvalue weighted by atomic mass is 10.1. The number of aliphatic hydroxyl groups is 1. The van der Waals surface area contributed by atoms with Crippen molar-refractivity contribution in [1.82, 2.24) is 5.32 Å². The number of aliphatic carboxylic acids is 1. The molecule has 0 aliphatic heterocycles. The van der Waals surface area contributed by atoms with E-state index in [-0.39, 0.29) is 23.6 Å². The minimum Gasteiger partial charge on any atom is -0.480 e. The normalized spacial score (nSPS) is 14.9. The Labute approximate surface area is 169 Å². The highest BCUT2D eigenvalue weighted by Gasteiger charge is 2.37. The second-order valence-corrected chi connectivity index (χ2v) is 13.1. The zero-order valence-electron chi connectivity index (χ0n) is 17.1. The van der Waals surface area contributed by atoms with Gasteiger partial charge < -0.3 is 20.0 Å². The van der Waals surface area contributed by atoms with E-state index in [1.807, 2.05) is 33.9 Å². The first-order chi connectivity index (χ1) is 13.1. The van der Waals surface area contributed by atoms with Crippen LogP contribution >= 0.6 is 0 Å². The van der Waals surface area contributed by atoms with E-state index in [1.54, 1.807) is 0 Å². The van der Waals surface area contributed by atoms with Crippen molar-refractivity contribution in [2.45, 2.75) is 63.6 Å². The number of alkyl halides is 3. The van der Waals surface area contributed by atoms with Gasteiger partial charge in [0.15, 0.2) is 14.4 Å². The maximum absolute atomic E-state index is 12.6. The number of hydrogen-bond donors (Lipinski definition) is 3. The maximum atomic E-state index is 12.6. The summed E-state index contributed by atoms with van der Waals surface area (Å²) in [6.45, 7) is 10.2. The first-order valence-electron chi connectivity index (χ1n) is 9.08. The van der Waals surface area contributed by atoms with Gasteiger partial charge in [-0.2, -0.15) is 13.2 Å². The van der Waals surface area contributed by atoms with Gasteiger partial charge in [0.1, 0.15) is 6.04 Å². The molecule has 0 saturated carbocycles. The monoisotopic (exact) mass is 435 g/mol. The summed E-state index contributed by atoms with van der Waals surface area (Å²) in [5, 5.41) is 21.5. The van der Waals surface area contributed by atoms with Crippen molar-refractivity contribution in [2.24, 2.45) is 0 Å². The Morgan fingerprint density at radius 2 is 1.66 bits per heavy atom. The Hall–Kier alpha value is -1.91. The molecule has 0 aliphatic rings. The van der Waals surface area contributed by atoms with E-state index < -0.39 is 44.1 Å². The van der Waals surface area contributed by atoms with Crippen LogP contribution in [0.2, 0.25) is 18.1 Å². The van der Waals surface area contributed by atoms with Gasteiger partial charge in [-0.25, -0.2) is 4.79 Å². The minimum atomic E-state index is -4.54. The first kappa shape index (κ1) is 25.1. The third-order valence-corrected chi connectivity index (χ3v) is 9.63. The molecule has 1 rings (SSSR count). The molecule has 29 heavy (non-hydrogen) atoms. The Kier molecular flexibility index (Phi) is 8.03. The van der Waals surface area contributed by atoms with Gasteiger partial charge in [0, 0.05) is 13.0 Å². The summed E-state index contributed by atoms with van der Waals surface area (Å²) in [6, 6.07) is 2.14. The van der Waals surface area contributed by atoms with E-state index in [1.165, 1.54) is 0 Å². The van der Waals surface area contributed by atoms with Crippen LogP contribution in [0.15, 0.2) is 24.3 Å². The summed E-state index contributed by atoms with van der Waals surface area (Å²) in [6.07, 6.45) is -6.34. The molecule has 0 radical (unpaired) electrons. The van der Waals surface area contributed by atoms with E-state index in [2.05, 4.69) is 5.32 Å². The van der Waals surface area contributed by atoms with Gasteiger partial charge in [-0.05, 0) is 35.8 Å². The van der Waals surface area contributed by atoms with Crippen molar-refractivity contribution >= 4 is 20.2 Å². The zero-order chi connectivity index (χ0) is 22.6. The predicted octanol–water partition coefficient (Wildman–Crippen LogP) is 3.72. The molecule has 1 aromatic carbocycles. The lowest BCUT2D eigenvalue weighted by molar-refractivity contribution is -0.144. The van der Waals surface area contributed by atoms with Crippen LogP contribution in [0.3, 0.4) is 0 Å². The van der Waals surface area contributed by atoms with Gasteiger partial charge >= 0.3 is 12.1 Å². The smallest absolute Gasteiger partial charge is 0.416 e. The van der Waals surface area contributed by atoms with E-state index >= 15 is 0 Å². The fourth-order valence-electron chi connectivity index (χ4n) is 2.16. The van der Waals surface area contributed by atoms with Gasteiger partial charge in [-0.15, -0.1) is 0 Å². The molecule has 3 N–H and O–H groups in total. The molecule has 0 spiro atoms. The second kappa shape index (κ2) is 9.27. The van der Waals surface area contributed by atoms with Crippen molar-refractivity contribution in [2.75, 3.05) is 6.61 Å². The molecule has 1 amide bonds. The Balaban J connectivity index is 2.73. The molecule has 0 fully saturated rings. The number of halogens is 3. The summed E-state index contributed by atoms with van der Waals surface area (Å²) < 4.78 is 43.7. The number of carboxylic acid groups (broad SMARTS) is 1. The zero-order valence-corrected chi connectivity index (χ0v) is 18.1. The number of benzene rings is 1. The molecule has 10 heteroatoms. The molecule has 164 valence electrons. The SMILES string of the molecule is CC(C)(C)[Si](C)(C)OCC[C@@H](NC(=O)[C@H](O)c1ccc(C(F)(F)F)cc1)C(=O)O. The number of carbonyl (C=O) groups excluding carboxylic acids is 1. The van der Waals surface area contributed by atoms with Crippen LogP contribution in [0.1, 0.15) is 44.4 Å². The summed E-state index contributed by atoms with van der Waals surface area (Å²) in [5.74, 6) is -2.30. The van der Waals surface area contributed by atoms with Crippen LogP contribution in [0.25, 0.3) is 0 Å². The van der Waals surface area contributed by atoms with Crippen molar-refractivity contribution in [3.63, 3.8) is 0 Å².